The number of hydrogen-bond donors (Lipinski definition) is 2. The van der Waals surface area contributed by atoms with E-state index in [1.165, 1.54) is 11.0 Å². The minimum atomic E-state index is -0.710. The summed E-state index contributed by atoms with van der Waals surface area (Å²) in [6, 6.07) is 3.25. The predicted octanol–water partition coefficient (Wildman–Crippen LogP) is 1.68. The molecule has 1 aromatic rings. The van der Waals surface area contributed by atoms with Crippen LogP contribution >= 0.6 is 0 Å². The molecule has 114 valence electrons. The van der Waals surface area contributed by atoms with Crippen molar-refractivity contribution in [2.75, 3.05) is 7.05 Å². The standard InChI is InChI=1S/C14H18N2O5/c1-15(10-4-2-3-5-12(10)17)14(19)9-6-7-11(16(20)21)13(18)8-9/h6-8,10,12,17-18H,2-5H2,1H3. The molecule has 0 saturated heterocycles. The second-order valence-electron chi connectivity index (χ2n) is 5.30. The number of phenols is 1. The minimum Gasteiger partial charge on any atom is -0.502 e. The molecule has 0 heterocycles. The first kappa shape index (κ1) is 15.2. The maximum absolute atomic E-state index is 12.4. The van der Waals surface area contributed by atoms with Gasteiger partial charge in [0.2, 0.25) is 0 Å². The normalized spacial score (nSPS) is 21.8. The summed E-state index contributed by atoms with van der Waals surface area (Å²) in [4.78, 5) is 23.7. The molecule has 1 aliphatic rings. The van der Waals surface area contributed by atoms with Gasteiger partial charge in [0.05, 0.1) is 17.1 Å². The predicted molar refractivity (Wildman–Crippen MR) is 75.1 cm³/mol. The van der Waals surface area contributed by atoms with E-state index < -0.39 is 22.5 Å². The molecule has 2 N–H and O–H groups in total. The Balaban J connectivity index is 2.19. The quantitative estimate of drug-likeness (QED) is 0.652. The van der Waals surface area contributed by atoms with Crippen LogP contribution in [0, 0.1) is 10.1 Å². The zero-order valence-corrected chi connectivity index (χ0v) is 11.7. The number of aliphatic hydroxyl groups excluding tert-OH is 1. The molecular weight excluding hydrogens is 276 g/mol. The van der Waals surface area contributed by atoms with Crippen LogP contribution in [0.3, 0.4) is 0 Å². The van der Waals surface area contributed by atoms with Crippen LogP contribution in [0.4, 0.5) is 5.69 Å². The summed E-state index contributed by atoms with van der Waals surface area (Å²) in [7, 11) is 1.60. The van der Waals surface area contributed by atoms with Gasteiger partial charge in [-0.1, -0.05) is 12.8 Å². The number of nitro benzene ring substituents is 1. The number of rotatable bonds is 3. The summed E-state index contributed by atoms with van der Waals surface area (Å²) >= 11 is 0. The van der Waals surface area contributed by atoms with E-state index in [1.807, 2.05) is 0 Å². The molecular formula is C14H18N2O5. The van der Waals surface area contributed by atoms with Crippen LogP contribution in [-0.4, -0.2) is 45.1 Å². The summed E-state index contributed by atoms with van der Waals surface area (Å²) in [5.74, 6) is -0.908. The molecule has 0 aromatic heterocycles. The first-order chi connectivity index (χ1) is 9.91. The van der Waals surface area contributed by atoms with Crippen molar-refractivity contribution >= 4 is 11.6 Å². The second-order valence-corrected chi connectivity index (χ2v) is 5.30. The SMILES string of the molecule is CN(C(=O)c1ccc([N+](=O)[O-])c(O)c1)C1CCCCC1O. The molecule has 0 spiro atoms. The molecule has 1 saturated carbocycles. The third-order valence-electron chi connectivity index (χ3n) is 3.93. The van der Waals surface area contributed by atoms with E-state index in [-0.39, 0.29) is 17.5 Å². The lowest BCUT2D eigenvalue weighted by Crippen LogP contribution is -2.46. The molecule has 1 aliphatic carbocycles. The van der Waals surface area contributed by atoms with Crippen molar-refractivity contribution in [1.29, 1.82) is 0 Å². The zero-order chi connectivity index (χ0) is 15.6. The van der Waals surface area contributed by atoms with Crippen LogP contribution in [0.15, 0.2) is 18.2 Å². The number of nitro groups is 1. The number of carbonyl (C=O) groups excluding carboxylic acids is 1. The van der Waals surface area contributed by atoms with Crippen LogP contribution in [0.25, 0.3) is 0 Å². The van der Waals surface area contributed by atoms with Crippen molar-refractivity contribution < 1.29 is 19.9 Å². The molecule has 7 nitrogen and oxygen atoms in total. The van der Waals surface area contributed by atoms with E-state index in [2.05, 4.69) is 0 Å². The van der Waals surface area contributed by atoms with E-state index in [0.29, 0.717) is 6.42 Å². The molecule has 0 bridgehead atoms. The number of carbonyl (C=O) groups is 1. The van der Waals surface area contributed by atoms with E-state index in [4.69, 9.17) is 0 Å². The molecule has 2 unspecified atom stereocenters. The smallest absolute Gasteiger partial charge is 0.310 e. The number of amides is 1. The number of likely N-dealkylation sites (N-methyl/N-ethyl adjacent to an activating group) is 1. The topological polar surface area (TPSA) is 104 Å². The zero-order valence-electron chi connectivity index (χ0n) is 11.7. The Hall–Kier alpha value is -2.15. The van der Waals surface area contributed by atoms with Crippen molar-refractivity contribution in [1.82, 2.24) is 4.90 Å². The van der Waals surface area contributed by atoms with E-state index in [1.54, 1.807) is 7.05 Å². The monoisotopic (exact) mass is 294 g/mol. The number of hydrogen-bond acceptors (Lipinski definition) is 5. The highest BCUT2D eigenvalue weighted by molar-refractivity contribution is 5.95. The van der Waals surface area contributed by atoms with Gasteiger partial charge in [0.25, 0.3) is 5.91 Å². The third-order valence-corrected chi connectivity index (χ3v) is 3.93. The Labute approximate surface area is 122 Å². The maximum Gasteiger partial charge on any atom is 0.310 e. The number of phenolic OH excluding ortho intramolecular Hbond substituents is 1. The molecule has 1 fully saturated rings. The van der Waals surface area contributed by atoms with Gasteiger partial charge in [0.15, 0.2) is 5.75 Å². The van der Waals surface area contributed by atoms with Crippen molar-refractivity contribution in [2.45, 2.75) is 37.8 Å². The Bertz CT molecular complexity index is 560. The fraction of sp³-hybridized carbons (Fsp3) is 0.500. The summed E-state index contributed by atoms with van der Waals surface area (Å²) in [6.07, 6.45) is 2.72. The summed E-state index contributed by atoms with van der Waals surface area (Å²) < 4.78 is 0. The molecule has 1 amide bonds. The third kappa shape index (κ3) is 3.13. The van der Waals surface area contributed by atoms with Gasteiger partial charge in [-0.05, 0) is 25.0 Å². The molecule has 2 atom stereocenters. The fourth-order valence-corrected chi connectivity index (χ4v) is 2.71. The van der Waals surface area contributed by atoms with Crippen LogP contribution in [0.5, 0.6) is 5.75 Å². The highest BCUT2D eigenvalue weighted by atomic mass is 16.6. The number of aromatic hydroxyl groups is 1. The van der Waals surface area contributed by atoms with Gasteiger partial charge in [-0.15, -0.1) is 0 Å². The van der Waals surface area contributed by atoms with Crippen LogP contribution in [0.1, 0.15) is 36.0 Å². The molecule has 0 aliphatic heterocycles. The van der Waals surface area contributed by atoms with E-state index in [9.17, 15) is 25.1 Å². The van der Waals surface area contributed by atoms with Gasteiger partial charge in [-0.3, -0.25) is 14.9 Å². The van der Waals surface area contributed by atoms with Crippen molar-refractivity contribution in [3.05, 3.63) is 33.9 Å². The first-order valence-corrected chi connectivity index (χ1v) is 6.84. The molecule has 21 heavy (non-hydrogen) atoms. The second kappa shape index (κ2) is 6.09. The van der Waals surface area contributed by atoms with Gasteiger partial charge in [0, 0.05) is 18.7 Å². The fourth-order valence-electron chi connectivity index (χ4n) is 2.71. The molecule has 1 aromatic carbocycles. The summed E-state index contributed by atoms with van der Waals surface area (Å²) in [6.45, 7) is 0. The first-order valence-electron chi connectivity index (χ1n) is 6.84. The molecule has 2 rings (SSSR count). The Morgan fingerprint density at radius 2 is 2.05 bits per heavy atom. The van der Waals surface area contributed by atoms with Gasteiger partial charge in [-0.25, -0.2) is 0 Å². The lowest BCUT2D eigenvalue weighted by molar-refractivity contribution is -0.385. The van der Waals surface area contributed by atoms with Gasteiger partial charge >= 0.3 is 5.69 Å². The van der Waals surface area contributed by atoms with E-state index >= 15 is 0 Å². The maximum atomic E-state index is 12.4. The average molecular weight is 294 g/mol. The van der Waals surface area contributed by atoms with Crippen molar-refractivity contribution in [2.24, 2.45) is 0 Å². The Morgan fingerprint density at radius 3 is 2.62 bits per heavy atom. The Kier molecular flexibility index (Phi) is 4.42. The largest absolute Gasteiger partial charge is 0.502 e. The van der Waals surface area contributed by atoms with Crippen LogP contribution in [0.2, 0.25) is 0 Å². The van der Waals surface area contributed by atoms with Gasteiger partial charge in [0.1, 0.15) is 0 Å². The summed E-state index contributed by atoms with van der Waals surface area (Å²) in [5, 5.41) is 30.2. The molecule has 7 heteroatoms. The lowest BCUT2D eigenvalue weighted by atomic mass is 9.91. The van der Waals surface area contributed by atoms with Gasteiger partial charge < -0.3 is 15.1 Å². The summed E-state index contributed by atoms with van der Waals surface area (Å²) in [5.41, 5.74) is -0.273. The number of aliphatic hydroxyl groups is 1. The minimum absolute atomic E-state index is 0.165. The lowest BCUT2D eigenvalue weighted by Gasteiger charge is -2.35. The van der Waals surface area contributed by atoms with Crippen LogP contribution < -0.4 is 0 Å². The highest BCUT2D eigenvalue weighted by Gasteiger charge is 2.30. The van der Waals surface area contributed by atoms with Crippen LogP contribution in [-0.2, 0) is 0 Å². The number of nitrogens with zero attached hydrogens (tertiary/aromatic N) is 2. The highest BCUT2D eigenvalue weighted by Crippen LogP contribution is 2.28. The molecule has 0 radical (unpaired) electrons. The Morgan fingerprint density at radius 1 is 1.38 bits per heavy atom. The van der Waals surface area contributed by atoms with Crippen molar-refractivity contribution in [3.63, 3.8) is 0 Å². The van der Waals surface area contributed by atoms with Crippen molar-refractivity contribution in [3.8, 4) is 5.75 Å². The van der Waals surface area contributed by atoms with E-state index in [0.717, 1.165) is 31.4 Å². The number of benzene rings is 1. The van der Waals surface area contributed by atoms with Gasteiger partial charge in [-0.2, -0.15) is 0 Å². The average Bonchev–Trinajstić information content (AvgIpc) is 2.45.